The van der Waals surface area contributed by atoms with Crippen molar-refractivity contribution in [3.8, 4) is 0 Å². The van der Waals surface area contributed by atoms with E-state index in [-0.39, 0.29) is 9.90 Å². The van der Waals surface area contributed by atoms with Gasteiger partial charge in [0, 0.05) is 5.02 Å². The van der Waals surface area contributed by atoms with Crippen molar-refractivity contribution in [1.29, 1.82) is 0 Å². The van der Waals surface area contributed by atoms with Crippen molar-refractivity contribution in [3.05, 3.63) is 49.6 Å². The molecule has 0 spiro atoms. The summed E-state index contributed by atoms with van der Waals surface area (Å²) in [4.78, 5) is 23.7. The number of thiophene rings is 1. The molecule has 0 aliphatic heterocycles. The highest BCUT2D eigenvalue weighted by Gasteiger charge is 2.34. The molecule has 0 bridgehead atoms. The highest BCUT2D eigenvalue weighted by molar-refractivity contribution is 9.11. The SMILES string of the molecule is O=C(COC(=O)c1ccc(Br)s1)Nc1ccc(Cl)cc1C(F)(F)F. The Kier molecular flexibility index (Phi) is 5.89. The number of anilines is 1. The zero-order valence-electron chi connectivity index (χ0n) is 11.6. The van der Waals surface area contributed by atoms with Gasteiger partial charge >= 0.3 is 12.1 Å². The molecule has 0 aliphatic carbocycles. The lowest BCUT2D eigenvalue weighted by Crippen LogP contribution is -2.22. The molecule has 0 fully saturated rings. The van der Waals surface area contributed by atoms with Gasteiger partial charge in [0.05, 0.1) is 15.0 Å². The van der Waals surface area contributed by atoms with Gasteiger partial charge in [0.15, 0.2) is 6.61 Å². The molecule has 0 aliphatic rings. The van der Waals surface area contributed by atoms with Crippen LogP contribution in [0.3, 0.4) is 0 Å². The van der Waals surface area contributed by atoms with Crippen LogP contribution in [0.15, 0.2) is 34.1 Å². The fourth-order valence-electron chi connectivity index (χ4n) is 1.67. The number of halogens is 5. The molecule has 0 saturated heterocycles. The Labute approximate surface area is 151 Å². The minimum atomic E-state index is -4.69. The summed E-state index contributed by atoms with van der Waals surface area (Å²) in [5, 5.41) is 1.94. The summed E-state index contributed by atoms with van der Waals surface area (Å²) in [5.74, 6) is -1.64. The van der Waals surface area contributed by atoms with Crippen LogP contribution in [0.5, 0.6) is 0 Å². The number of amides is 1. The number of esters is 1. The molecule has 24 heavy (non-hydrogen) atoms. The number of benzene rings is 1. The largest absolute Gasteiger partial charge is 0.451 e. The van der Waals surface area contributed by atoms with Crippen LogP contribution in [0.25, 0.3) is 0 Å². The van der Waals surface area contributed by atoms with Crippen molar-refractivity contribution in [1.82, 2.24) is 0 Å². The highest BCUT2D eigenvalue weighted by atomic mass is 79.9. The number of carbonyl (C=O) groups excluding carboxylic acids is 2. The minimum absolute atomic E-state index is 0.116. The molecule has 1 amide bonds. The average Bonchev–Trinajstić information content (AvgIpc) is 2.92. The van der Waals surface area contributed by atoms with Crippen molar-refractivity contribution >= 4 is 56.4 Å². The fourth-order valence-corrected chi connectivity index (χ4v) is 3.12. The van der Waals surface area contributed by atoms with Crippen LogP contribution in [0.1, 0.15) is 15.2 Å². The first-order valence-corrected chi connectivity index (χ1v) is 8.24. The molecule has 0 radical (unpaired) electrons. The molecule has 1 N–H and O–H groups in total. The molecule has 0 saturated carbocycles. The van der Waals surface area contributed by atoms with Crippen molar-refractivity contribution < 1.29 is 27.5 Å². The topological polar surface area (TPSA) is 55.4 Å². The first-order chi connectivity index (χ1) is 11.2. The van der Waals surface area contributed by atoms with Gasteiger partial charge in [-0.1, -0.05) is 11.6 Å². The Bertz CT molecular complexity index is 779. The Morgan fingerprint density at radius 3 is 2.54 bits per heavy atom. The number of rotatable bonds is 4. The fraction of sp³-hybridized carbons (Fsp3) is 0.143. The third-order valence-electron chi connectivity index (χ3n) is 2.67. The van der Waals surface area contributed by atoms with Crippen molar-refractivity contribution in [2.75, 3.05) is 11.9 Å². The second-order valence-electron chi connectivity index (χ2n) is 4.42. The number of alkyl halides is 3. The Hall–Kier alpha value is -1.58. The number of carbonyl (C=O) groups is 2. The molecule has 1 heterocycles. The summed E-state index contributed by atoms with van der Waals surface area (Å²) in [7, 11) is 0. The maximum atomic E-state index is 12.9. The van der Waals surface area contributed by atoms with E-state index >= 15 is 0 Å². The van der Waals surface area contributed by atoms with Crippen LogP contribution in [0.4, 0.5) is 18.9 Å². The third-order valence-corrected chi connectivity index (χ3v) is 4.51. The third kappa shape index (κ3) is 4.96. The molecule has 10 heteroatoms. The molecular formula is C14H8BrClF3NO3S. The Morgan fingerprint density at radius 2 is 1.96 bits per heavy atom. The highest BCUT2D eigenvalue weighted by Crippen LogP contribution is 2.36. The van der Waals surface area contributed by atoms with Crippen LogP contribution in [-0.2, 0) is 15.7 Å². The maximum absolute atomic E-state index is 12.9. The van der Waals surface area contributed by atoms with Crippen LogP contribution in [0, 0.1) is 0 Å². The van der Waals surface area contributed by atoms with Gasteiger partial charge < -0.3 is 10.1 Å². The van der Waals surface area contributed by atoms with E-state index in [9.17, 15) is 22.8 Å². The molecule has 1 aromatic heterocycles. The predicted octanol–water partition coefficient (Wildman–Crippen LogP) is 4.98. The number of ether oxygens (including phenoxy) is 1. The first-order valence-electron chi connectivity index (χ1n) is 6.26. The van der Waals surface area contributed by atoms with E-state index in [1.54, 1.807) is 6.07 Å². The first kappa shape index (κ1) is 18.8. The van der Waals surface area contributed by atoms with Crippen LogP contribution < -0.4 is 5.32 Å². The second kappa shape index (κ2) is 7.54. The summed E-state index contributed by atoms with van der Waals surface area (Å²) in [6, 6.07) is 6.07. The van der Waals surface area contributed by atoms with E-state index in [1.165, 1.54) is 12.1 Å². The van der Waals surface area contributed by atoms with Gasteiger partial charge in [-0.3, -0.25) is 4.79 Å². The van der Waals surface area contributed by atoms with Crippen molar-refractivity contribution in [2.45, 2.75) is 6.18 Å². The predicted molar refractivity (Wildman–Crippen MR) is 87.4 cm³/mol. The second-order valence-corrected chi connectivity index (χ2v) is 7.32. The lowest BCUT2D eigenvalue weighted by atomic mass is 10.1. The number of nitrogens with one attached hydrogen (secondary N) is 1. The molecule has 128 valence electrons. The molecule has 2 aromatic rings. The Balaban J connectivity index is 2.01. The van der Waals surface area contributed by atoms with Gasteiger partial charge in [-0.25, -0.2) is 4.79 Å². The van der Waals surface area contributed by atoms with Crippen LogP contribution in [-0.4, -0.2) is 18.5 Å². The van der Waals surface area contributed by atoms with E-state index in [0.29, 0.717) is 9.85 Å². The monoisotopic (exact) mass is 441 g/mol. The molecular weight excluding hydrogens is 435 g/mol. The van der Waals surface area contributed by atoms with E-state index < -0.39 is 35.9 Å². The lowest BCUT2D eigenvalue weighted by molar-refractivity contribution is -0.137. The molecule has 1 aromatic carbocycles. The van der Waals surface area contributed by atoms with Crippen molar-refractivity contribution in [3.63, 3.8) is 0 Å². The van der Waals surface area contributed by atoms with Gasteiger partial charge in [0.2, 0.25) is 0 Å². The van der Waals surface area contributed by atoms with Crippen molar-refractivity contribution in [2.24, 2.45) is 0 Å². The summed E-state index contributed by atoms with van der Waals surface area (Å²) in [6.45, 7) is -0.714. The lowest BCUT2D eigenvalue weighted by Gasteiger charge is -2.14. The quantitative estimate of drug-likeness (QED) is 0.680. The number of hydrogen-bond donors (Lipinski definition) is 1. The molecule has 0 atom stereocenters. The van der Waals surface area contributed by atoms with E-state index in [1.807, 2.05) is 0 Å². The van der Waals surface area contributed by atoms with E-state index in [2.05, 4.69) is 21.2 Å². The van der Waals surface area contributed by atoms with Gasteiger partial charge in [-0.05, 0) is 46.3 Å². The van der Waals surface area contributed by atoms with Gasteiger partial charge in [-0.2, -0.15) is 13.2 Å². The van der Waals surface area contributed by atoms with E-state index in [4.69, 9.17) is 16.3 Å². The normalized spacial score (nSPS) is 11.2. The summed E-state index contributed by atoms with van der Waals surface area (Å²) in [5.41, 5.74) is -1.55. The molecule has 4 nitrogen and oxygen atoms in total. The molecule has 0 unspecified atom stereocenters. The van der Waals surface area contributed by atoms with Gasteiger partial charge in [-0.15, -0.1) is 11.3 Å². The maximum Gasteiger partial charge on any atom is 0.418 e. The van der Waals surface area contributed by atoms with E-state index in [0.717, 1.165) is 17.4 Å². The smallest absolute Gasteiger partial charge is 0.418 e. The number of hydrogen-bond acceptors (Lipinski definition) is 4. The minimum Gasteiger partial charge on any atom is -0.451 e. The summed E-state index contributed by atoms with van der Waals surface area (Å²) >= 11 is 9.82. The molecule has 2 rings (SSSR count). The summed E-state index contributed by atoms with van der Waals surface area (Å²) in [6.07, 6.45) is -4.69. The van der Waals surface area contributed by atoms with Crippen LogP contribution >= 0.6 is 38.9 Å². The standard InChI is InChI=1S/C14H8BrClF3NO3S/c15-11-4-3-10(24-11)13(22)23-6-12(21)20-9-2-1-7(16)5-8(9)14(17,18)19/h1-5H,6H2,(H,20,21). The Morgan fingerprint density at radius 1 is 1.25 bits per heavy atom. The zero-order chi connectivity index (χ0) is 17.9. The average molecular weight is 443 g/mol. The van der Waals surface area contributed by atoms with Crippen LogP contribution in [0.2, 0.25) is 5.02 Å². The zero-order valence-corrected chi connectivity index (χ0v) is 14.8. The van der Waals surface area contributed by atoms with Gasteiger partial charge in [0.25, 0.3) is 5.91 Å². The summed E-state index contributed by atoms with van der Waals surface area (Å²) < 4.78 is 44.2. The van der Waals surface area contributed by atoms with Gasteiger partial charge in [0.1, 0.15) is 4.88 Å².